The minimum atomic E-state index is -3.05. The van der Waals surface area contributed by atoms with E-state index in [2.05, 4.69) is 10.2 Å². The average molecular weight is 315 g/mol. The predicted molar refractivity (Wildman–Crippen MR) is 84.8 cm³/mol. The summed E-state index contributed by atoms with van der Waals surface area (Å²) in [4.78, 5) is 2.52. The van der Waals surface area contributed by atoms with Crippen molar-refractivity contribution in [2.24, 2.45) is 5.92 Å². The van der Waals surface area contributed by atoms with Crippen molar-refractivity contribution >= 4 is 10.0 Å². The van der Waals surface area contributed by atoms with Crippen LogP contribution in [-0.4, -0.2) is 68.7 Å². The largest absolute Gasteiger partial charge is 0.317 e. The first kappa shape index (κ1) is 15.7. The summed E-state index contributed by atoms with van der Waals surface area (Å²) in [6, 6.07) is 0.722. The molecule has 3 rings (SSSR count). The summed E-state index contributed by atoms with van der Waals surface area (Å²) in [7, 11) is -3.05. The van der Waals surface area contributed by atoms with Crippen molar-refractivity contribution in [2.45, 2.75) is 44.6 Å². The van der Waals surface area contributed by atoms with Gasteiger partial charge in [0.15, 0.2) is 0 Å². The standard InChI is InChI=1S/C15H29N3O2S/c19-21(20,13-14-5-7-16-8-6-14)18-11-9-17(10-12-18)15-3-1-2-4-15/h14-16H,1-13H2. The van der Waals surface area contributed by atoms with Gasteiger partial charge in [0.2, 0.25) is 10.0 Å². The molecule has 0 aromatic heterocycles. The van der Waals surface area contributed by atoms with Gasteiger partial charge in [-0.1, -0.05) is 12.8 Å². The number of piperidine rings is 1. The number of nitrogens with one attached hydrogen (secondary N) is 1. The molecule has 6 heteroatoms. The molecule has 0 atom stereocenters. The van der Waals surface area contributed by atoms with E-state index in [9.17, 15) is 8.42 Å². The second-order valence-electron chi connectivity index (χ2n) is 6.85. The monoisotopic (exact) mass is 315 g/mol. The van der Waals surface area contributed by atoms with Gasteiger partial charge in [-0.25, -0.2) is 8.42 Å². The van der Waals surface area contributed by atoms with Crippen LogP contribution in [0.25, 0.3) is 0 Å². The van der Waals surface area contributed by atoms with Gasteiger partial charge < -0.3 is 5.32 Å². The summed E-state index contributed by atoms with van der Waals surface area (Å²) in [5.74, 6) is 0.710. The molecule has 21 heavy (non-hydrogen) atoms. The number of rotatable bonds is 4. The summed E-state index contributed by atoms with van der Waals surface area (Å²) < 4.78 is 26.9. The fourth-order valence-corrected chi connectivity index (χ4v) is 5.93. The molecule has 0 aromatic rings. The Morgan fingerprint density at radius 2 is 1.52 bits per heavy atom. The molecule has 2 aliphatic heterocycles. The highest BCUT2D eigenvalue weighted by Crippen LogP contribution is 2.25. The lowest BCUT2D eigenvalue weighted by molar-refractivity contribution is 0.138. The highest BCUT2D eigenvalue weighted by Gasteiger charge is 2.32. The van der Waals surface area contributed by atoms with Crippen LogP contribution in [-0.2, 0) is 10.0 Å². The molecule has 1 saturated carbocycles. The van der Waals surface area contributed by atoms with Gasteiger partial charge in [0.05, 0.1) is 5.75 Å². The first-order valence-electron chi connectivity index (χ1n) is 8.58. The topological polar surface area (TPSA) is 52.7 Å². The van der Waals surface area contributed by atoms with Crippen molar-refractivity contribution in [1.29, 1.82) is 0 Å². The summed E-state index contributed by atoms with van der Waals surface area (Å²) in [6.07, 6.45) is 7.31. The molecule has 0 unspecified atom stereocenters. The molecule has 2 heterocycles. The number of piperazine rings is 1. The van der Waals surface area contributed by atoms with Crippen molar-refractivity contribution < 1.29 is 8.42 Å². The third-order valence-corrected chi connectivity index (χ3v) is 7.46. The fourth-order valence-electron chi connectivity index (χ4n) is 4.07. The molecular weight excluding hydrogens is 286 g/mol. The fraction of sp³-hybridized carbons (Fsp3) is 1.00. The van der Waals surface area contributed by atoms with Crippen LogP contribution in [0, 0.1) is 5.92 Å². The van der Waals surface area contributed by atoms with Crippen molar-refractivity contribution in [1.82, 2.24) is 14.5 Å². The van der Waals surface area contributed by atoms with Crippen LogP contribution in [0.4, 0.5) is 0 Å². The van der Waals surface area contributed by atoms with Gasteiger partial charge >= 0.3 is 0 Å². The van der Waals surface area contributed by atoms with Crippen LogP contribution in [0.1, 0.15) is 38.5 Å². The van der Waals surface area contributed by atoms with E-state index in [0.29, 0.717) is 24.8 Å². The average Bonchev–Trinajstić information content (AvgIpc) is 3.02. The highest BCUT2D eigenvalue weighted by molar-refractivity contribution is 7.89. The molecule has 0 spiro atoms. The summed E-state index contributed by atoms with van der Waals surface area (Å²) in [5, 5.41) is 3.30. The van der Waals surface area contributed by atoms with E-state index in [1.165, 1.54) is 25.7 Å². The maximum atomic E-state index is 12.6. The second kappa shape index (κ2) is 6.94. The quantitative estimate of drug-likeness (QED) is 0.837. The molecule has 5 nitrogen and oxygen atoms in total. The van der Waals surface area contributed by atoms with Crippen LogP contribution in [0.15, 0.2) is 0 Å². The summed E-state index contributed by atoms with van der Waals surface area (Å²) in [6.45, 7) is 5.19. The van der Waals surface area contributed by atoms with Gasteiger partial charge in [0, 0.05) is 32.2 Å². The Morgan fingerprint density at radius 1 is 0.905 bits per heavy atom. The van der Waals surface area contributed by atoms with Gasteiger partial charge in [-0.15, -0.1) is 0 Å². The van der Waals surface area contributed by atoms with Gasteiger partial charge in [0.1, 0.15) is 0 Å². The summed E-state index contributed by atoms with van der Waals surface area (Å²) in [5.41, 5.74) is 0. The van der Waals surface area contributed by atoms with Gasteiger partial charge in [-0.2, -0.15) is 4.31 Å². The number of nitrogens with zero attached hydrogens (tertiary/aromatic N) is 2. The second-order valence-corrected chi connectivity index (χ2v) is 8.86. The lowest BCUT2D eigenvalue weighted by Crippen LogP contribution is -2.52. The van der Waals surface area contributed by atoms with Crippen LogP contribution in [0.5, 0.6) is 0 Å². The van der Waals surface area contributed by atoms with Gasteiger partial charge in [0.25, 0.3) is 0 Å². The van der Waals surface area contributed by atoms with E-state index in [1.807, 2.05) is 0 Å². The van der Waals surface area contributed by atoms with Gasteiger partial charge in [-0.3, -0.25) is 4.90 Å². The van der Waals surface area contributed by atoms with Crippen molar-refractivity contribution in [3.05, 3.63) is 0 Å². The molecule has 0 bridgehead atoms. The zero-order chi connectivity index (χ0) is 14.7. The van der Waals surface area contributed by atoms with Crippen LogP contribution in [0.2, 0.25) is 0 Å². The van der Waals surface area contributed by atoms with Crippen molar-refractivity contribution in [3.8, 4) is 0 Å². The molecule has 2 saturated heterocycles. The SMILES string of the molecule is O=S(=O)(CC1CCNCC1)N1CCN(C2CCCC2)CC1. The molecule has 3 aliphatic rings. The lowest BCUT2D eigenvalue weighted by atomic mass is 10.0. The Kier molecular flexibility index (Phi) is 5.19. The normalized spacial score (nSPS) is 28.2. The van der Waals surface area contributed by atoms with Crippen molar-refractivity contribution in [3.63, 3.8) is 0 Å². The first-order valence-corrected chi connectivity index (χ1v) is 10.2. The molecule has 1 N–H and O–H groups in total. The molecule has 122 valence electrons. The molecular formula is C15H29N3O2S. The lowest BCUT2D eigenvalue weighted by Gasteiger charge is -2.38. The maximum Gasteiger partial charge on any atom is 0.214 e. The number of sulfonamides is 1. The molecule has 0 radical (unpaired) electrons. The predicted octanol–water partition coefficient (Wildman–Crippen LogP) is 0.876. The maximum absolute atomic E-state index is 12.6. The zero-order valence-corrected chi connectivity index (χ0v) is 13.8. The Hall–Kier alpha value is -0.170. The van der Waals surface area contributed by atoms with E-state index >= 15 is 0 Å². The molecule has 1 aliphatic carbocycles. The minimum Gasteiger partial charge on any atom is -0.317 e. The van der Waals surface area contributed by atoms with Crippen LogP contribution >= 0.6 is 0 Å². The Labute approximate surface area is 129 Å². The molecule has 0 amide bonds. The van der Waals surface area contributed by atoms with E-state index in [4.69, 9.17) is 0 Å². The molecule has 3 fully saturated rings. The van der Waals surface area contributed by atoms with E-state index in [1.54, 1.807) is 4.31 Å². The van der Waals surface area contributed by atoms with Crippen molar-refractivity contribution in [2.75, 3.05) is 45.0 Å². The zero-order valence-electron chi connectivity index (χ0n) is 13.0. The summed E-state index contributed by atoms with van der Waals surface area (Å²) >= 11 is 0. The smallest absolute Gasteiger partial charge is 0.214 e. The molecule has 0 aromatic carbocycles. The van der Waals surface area contributed by atoms with Crippen LogP contribution in [0.3, 0.4) is 0 Å². The highest BCUT2D eigenvalue weighted by atomic mass is 32.2. The van der Waals surface area contributed by atoms with E-state index in [0.717, 1.165) is 45.1 Å². The Morgan fingerprint density at radius 3 is 2.14 bits per heavy atom. The Bertz CT molecular complexity index is 420. The minimum absolute atomic E-state index is 0.351. The number of hydrogen-bond acceptors (Lipinski definition) is 4. The first-order chi connectivity index (χ1) is 10.1. The Balaban J connectivity index is 1.50. The third kappa shape index (κ3) is 3.97. The van der Waals surface area contributed by atoms with Gasteiger partial charge in [-0.05, 0) is 44.7 Å². The van der Waals surface area contributed by atoms with Crippen LogP contribution < -0.4 is 5.32 Å². The third-order valence-electron chi connectivity index (χ3n) is 5.41. The van der Waals surface area contributed by atoms with E-state index in [-0.39, 0.29) is 0 Å². The van der Waals surface area contributed by atoms with E-state index < -0.39 is 10.0 Å². The number of hydrogen-bond donors (Lipinski definition) is 1.